The number of rotatable bonds is 4. The van der Waals surface area contributed by atoms with Crippen LogP contribution in [0, 0.1) is 5.92 Å². The van der Waals surface area contributed by atoms with Gasteiger partial charge in [0.1, 0.15) is 0 Å². The van der Waals surface area contributed by atoms with Crippen molar-refractivity contribution in [3.8, 4) is 0 Å². The Kier molecular flexibility index (Phi) is 5.13. The molecule has 1 aromatic rings. The molecule has 0 amide bonds. The average Bonchev–Trinajstić information content (AvgIpc) is 2.46. The zero-order valence-corrected chi connectivity index (χ0v) is 12.8. The summed E-state index contributed by atoms with van der Waals surface area (Å²) in [6, 6.07) is 7.45. The Hall–Kier alpha value is -0.710. The van der Waals surface area contributed by atoms with E-state index in [1.807, 2.05) is 31.2 Å². The molecule has 19 heavy (non-hydrogen) atoms. The molecule has 3 nitrogen and oxygen atoms in total. The maximum absolute atomic E-state index is 12.4. The number of nitrogens with zero attached hydrogens (tertiary/aromatic N) is 1. The van der Waals surface area contributed by atoms with Crippen molar-refractivity contribution in [3.63, 3.8) is 0 Å². The predicted molar refractivity (Wildman–Crippen MR) is 79.3 cm³/mol. The zero-order valence-electron chi connectivity index (χ0n) is 11.2. The molecular weight excluding hydrogens is 306 g/mol. The van der Waals surface area contributed by atoms with E-state index in [0.717, 1.165) is 36.0 Å². The van der Waals surface area contributed by atoms with Crippen molar-refractivity contribution in [1.82, 2.24) is 4.90 Å². The number of ketones is 1. The normalized spacial score (nSPS) is 19.3. The molecule has 1 atom stereocenters. The summed E-state index contributed by atoms with van der Waals surface area (Å²) in [5.41, 5.74) is 0.764. The van der Waals surface area contributed by atoms with Crippen LogP contribution in [0.1, 0.15) is 30.1 Å². The van der Waals surface area contributed by atoms with Crippen LogP contribution in [0.4, 0.5) is 0 Å². The fraction of sp³-hybridized carbons (Fsp3) is 0.533. The van der Waals surface area contributed by atoms with Gasteiger partial charge in [-0.2, -0.15) is 0 Å². The van der Waals surface area contributed by atoms with Crippen molar-refractivity contribution in [2.75, 3.05) is 19.7 Å². The molecule has 1 saturated heterocycles. The largest absolute Gasteiger partial charge is 0.396 e. The molecule has 1 unspecified atom stereocenters. The number of halogens is 1. The van der Waals surface area contributed by atoms with Crippen LogP contribution in [0.5, 0.6) is 0 Å². The first kappa shape index (κ1) is 14.7. The average molecular weight is 326 g/mol. The number of carbonyl (C=O) groups excluding carboxylic acids is 1. The highest BCUT2D eigenvalue weighted by atomic mass is 79.9. The van der Waals surface area contributed by atoms with Gasteiger partial charge < -0.3 is 5.11 Å². The quantitative estimate of drug-likeness (QED) is 0.865. The number of hydrogen-bond donors (Lipinski definition) is 1. The second-order valence-electron chi connectivity index (χ2n) is 5.21. The van der Waals surface area contributed by atoms with E-state index in [4.69, 9.17) is 5.11 Å². The molecule has 4 heteroatoms. The summed E-state index contributed by atoms with van der Waals surface area (Å²) in [5.74, 6) is 0.584. The summed E-state index contributed by atoms with van der Waals surface area (Å²) >= 11 is 3.38. The van der Waals surface area contributed by atoms with Gasteiger partial charge in [0.2, 0.25) is 0 Å². The first-order chi connectivity index (χ1) is 9.11. The molecule has 0 aromatic heterocycles. The van der Waals surface area contributed by atoms with Gasteiger partial charge >= 0.3 is 0 Å². The van der Waals surface area contributed by atoms with Crippen molar-refractivity contribution in [2.24, 2.45) is 5.92 Å². The van der Waals surface area contributed by atoms with Crippen LogP contribution in [0.2, 0.25) is 0 Å². The lowest BCUT2D eigenvalue weighted by Gasteiger charge is -2.34. The van der Waals surface area contributed by atoms with Crippen molar-refractivity contribution < 1.29 is 9.90 Å². The first-order valence-corrected chi connectivity index (χ1v) is 7.56. The fourth-order valence-electron chi connectivity index (χ4n) is 2.54. The molecule has 1 fully saturated rings. The van der Waals surface area contributed by atoms with E-state index < -0.39 is 0 Å². The number of Topliss-reactive ketones (excluding diaryl/α,β-unsaturated/α-hetero) is 1. The van der Waals surface area contributed by atoms with Gasteiger partial charge in [0.05, 0.1) is 6.04 Å². The lowest BCUT2D eigenvalue weighted by atomic mass is 9.95. The Labute approximate surface area is 122 Å². The molecular formula is C15H20BrNO2. The van der Waals surface area contributed by atoms with Gasteiger partial charge in [-0.1, -0.05) is 28.1 Å². The second-order valence-corrected chi connectivity index (χ2v) is 6.12. The van der Waals surface area contributed by atoms with Gasteiger partial charge in [-0.05, 0) is 50.9 Å². The third-order valence-electron chi connectivity index (χ3n) is 3.96. The number of likely N-dealkylation sites (tertiary alicyclic amines) is 1. The summed E-state index contributed by atoms with van der Waals surface area (Å²) in [5, 5.41) is 9.14. The Morgan fingerprint density at radius 3 is 2.47 bits per heavy atom. The molecule has 2 rings (SSSR count). The Bertz CT molecular complexity index is 424. The number of carbonyl (C=O) groups is 1. The van der Waals surface area contributed by atoms with Crippen LogP contribution in [0.15, 0.2) is 28.7 Å². The van der Waals surface area contributed by atoms with E-state index in [-0.39, 0.29) is 18.4 Å². The van der Waals surface area contributed by atoms with E-state index in [1.54, 1.807) is 0 Å². The maximum atomic E-state index is 12.4. The minimum Gasteiger partial charge on any atom is -0.396 e. The number of aliphatic hydroxyl groups is 1. The van der Waals surface area contributed by atoms with E-state index in [0.29, 0.717) is 5.92 Å². The lowest BCUT2D eigenvalue weighted by molar-refractivity contribution is 0.0721. The topological polar surface area (TPSA) is 40.5 Å². The van der Waals surface area contributed by atoms with Gasteiger partial charge in [0.15, 0.2) is 5.78 Å². The Balaban J connectivity index is 1.98. The van der Waals surface area contributed by atoms with Crippen LogP contribution in [0.3, 0.4) is 0 Å². The van der Waals surface area contributed by atoms with Gasteiger partial charge in [-0.3, -0.25) is 9.69 Å². The van der Waals surface area contributed by atoms with Crippen LogP contribution >= 0.6 is 15.9 Å². The third kappa shape index (κ3) is 3.65. The van der Waals surface area contributed by atoms with Gasteiger partial charge in [-0.15, -0.1) is 0 Å². The maximum Gasteiger partial charge on any atom is 0.179 e. The standard InChI is InChI=1S/C15H20BrNO2/c1-11(17-8-6-12(10-18)7-9-17)15(19)13-2-4-14(16)5-3-13/h2-5,11-12,18H,6-10H2,1H3. The molecule has 0 aliphatic carbocycles. The monoisotopic (exact) mass is 325 g/mol. The van der Waals surface area contributed by atoms with Crippen LogP contribution in [-0.2, 0) is 0 Å². The summed E-state index contributed by atoms with van der Waals surface area (Å²) in [7, 11) is 0. The van der Waals surface area contributed by atoms with Crippen molar-refractivity contribution in [3.05, 3.63) is 34.3 Å². The number of aliphatic hydroxyl groups excluding tert-OH is 1. The van der Waals surface area contributed by atoms with Gasteiger partial charge in [0.25, 0.3) is 0 Å². The predicted octanol–water partition coefficient (Wildman–Crippen LogP) is 2.72. The van der Waals surface area contributed by atoms with Crippen molar-refractivity contribution in [1.29, 1.82) is 0 Å². The number of piperidine rings is 1. The third-order valence-corrected chi connectivity index (χ3v) is 4.49. The smallest absolute Gasteiger partial charge is 0.179 e. The molecule has 1 aliphatic heterocycles. The lowest BCUT2D eigenvalue weighted by Crippen LogP contribution is -2.44. The van der Waals surface area contributed by atoms with Crippen molar-refractivity contribution >= 4 is 21.7 Å². The van der Waals surface area contributed by atoms with Crippen LogP contribution < -0.4 is 0 Å². The van der Waals surface area contributed by atoms with E-state index in [9.17, 15) is 4.79 Å². The molecule has 104 valence electrons. The highest BCUT2D eigenvalue weighted by Gasteiger charge is 2.26. The number of benzene rings is 1. The molecule has 1 N–H and O–H groups in total. The SMILES string of the molecule is CC(C(=O)c1ccc(Br)cc1)N1CCC(CO)CC1. The molecule has 1 aromatic carbocycles. The van der Waals surface area contributed by atoms with Gasteiger partial charge in [-0.25, -0.2) is 0 Å². The summed E-state index contributed by atoms with van der Waals surface area (Å²) in [4.78, 5) is 14.6. The Morgan fingerprint density at radius 1 is 1.37 bits per heavy atom. The Morgan fingerprint density at radius 2 is 1.95 bits per heavy atom. The molecule has 0 radical (unpaired) electrons. The van der Waals surface area contributed by atoms with E-state index >= 15 is 0 Å². The molecule has 0 bridgehead atoms. The molecule has 1 heterocycles. The number of hydrogen-bond acceptors (Lipinski definition) is 3. The molecule has 1 aliphatic rings. The summed E-state index contributed by atoms with van der Waals surface area (Å²) in [6.07, 6.45) is 1.96. The summed E-state index contributed by atoms with van der Waals surface area (Å²) < 4.78 is 0.987. The zero-order chi connectivity index (χ0) is 13.8. The fourth-order valence-corrected chi connectivity index (χ4v) is 2.81. The molecule has 0 spiro atoms. The minimum absolute atomic E-state index is 0.0826. The molecule has 0 saturated carbocycles. The van der Waals surface area contributed by atoms with E-state index in [2.05, 4.69) is 20.8 Å². The van der Waals surface area contributed by atoms with Crippen LogP contribution in [-0.4, -0.2) is 41.5 Å². The van der Waals surface area contributed by atoms with E-state index in [1.165, 1.54) is 0 Å². The summed E-state index contributed by atoms with van der Waals surface area (Å²) in [6.45, 7) is 4.04. The first-order valence-electron chi connectivity index (χ1n) is 6.76. The van der Waals surface area contributed by atoms with Gasteiger partial charge in [0, 0.05) is 16.6 Å². The minimum atomic E-state index is -0.0826. The van der Waals surface area contributed by atoms with Crippen molar-refractivity contribution in [2.45, 2.75) is 25.8 Å². The highest BCUT2D eigenvalue weighted by Crippen LogP contribution is 2.20. The second kappa shape index (κ2) is 6.64. The van der Waals surface area contributed by atoms with Crippen LogP contribution in [0.25, 0.3) is 0 Å². The highest BCUT2D eigenvalue weighted by molar-refractivity contribution is 9.10.